The minimum atomic E-state index is -5.46. The molecule has 76 heavy (non-hydrogen) atoms. The lowest BCUT2D eigenvalue weighted by Crippen LogP contribution is -2.55. The van der Waals surface area contributed by atoms with Crippen LogP contribution in [0.25, 0.3) is 237 Å². The molecule has 4 atom stereocenters. The highest BCUT2D eigenvalue weighted by molar-refractivity contribution is 6.76. The average Bonchev–Trinajstić information content (AvgIpc) is 1.68. The fourth-order valence-corrected chi connectivity index (χ4v) is 25.7. The van der Waals surface area contributed by atoms with Gasteiger partial charge in [0.1, 0.15) is 21.7 Å². The molecular weight excluding hydrogens is 997 g/mol. The summed E-state index contributed by atoms with van der Waals surface area (Å²) in [6.07, 6.45) is -21.6. The Morgan fingerprint density at radius 1 is 0.132 bits per heavy atom. The first-order valence-corrected chi connectivity index (χ1v) is 25.8. The van der Waals surface area contributed by atoms with Crippen molar-refractivity contribution in [2.24, 2.45) is 0 Å². The Bertz CT molecular complexity index is 7260. The minimum absolute atomic E-state index is 0.0388. The molecule has 0 N–H and O–H groups in total. The summed E-state index contributed by atoms with van der Waals surface area (Å²) in [5.74, 6) is 0. The molecule has 32 rings (SSSR count). The van der Waals surface area contributed by atoms with E-state index in [0.717, 1.165) is 48.5 Å². The van der Waals surface area contributed by atoms with Gasteiger partial charge in [0.15, 0.2) is 0 Å². The van der Waals surface area contributed by atoms with Crippen LogP contribution in [0.15, 0.2) is 0 Å². The number of halogens is 12. The molecule has 0 saturated heterocycles. The molecule has 0 nitrogen and oxygen atoms in total. The minimum Gasteiger partial charge on any atom is -0.169 e. The van der Waals surface area contributed by atoms with Crippen molar-refractivity contribution in [3.63, 3.8) is 0 Å². The molecule has 12 heteroatoms. The van der Waals surface area contributed by atoms with Crippen LogP contribution in [0.5, 0.6) is 0 Å². The van der Waals surface area contributed by atoms with Gasteiger partial charge in [-0.1, -0.05) is 0 Å². The van der Waals surface area contributed by atoms with Crippen LogP contribution in [0.1, 0.15) is 66.8 Å². The average molecular weight is 997 g/mol. The van der Waals surface area contributed by atoms with Gasteiger partial charge in [-0.15, -0.1) is 0 Å². The van der Waals surface area contributed by atoms with Gasteiger partial charge in [-0.25, -0.2) is 0 Å². The van der Waals surface area contributed by atoms with E-state index < -0.39 is 102 Å². The molecule has 0 aromatic heterocycles. The van der Waals surface area contributed by atoms with E-state index in [9.17, 15) is 0 Å². The molecule has 340 valence electrons. The number of hydrogen-bond acceptors (Lipinski definition) is 0. The molecule has 22 aromatic rings. The van der Waals surface area contributed by atoms with Crippen LogP contribution in [0.3, 0.4) is 0 Å². The molecule has 0 saturated carbocycles. The number of hydrogen-bond donors (Lipinski definition) is 0. The molecule has 10 aliphatic carbocycles. The smallest absolute Gasteiger partial charge is 0.169 e. The van der Waals surface area contributed by atoms with E-state index >= 15 is 52.7 Å². The summed E-state index contributed by atoms with van der Waals surface area (Å²) in [4.78, 5) is 0. The van der Waals surface area contributed by atoms with Gasteiger partial charge in [0, 0.05) is 0 Å². The monoisotopic (exact) mass is 996 g/mol. The maximum Gasteiger partial charge on any atom is 0.406 e. The topological polar surface area (TPSA) is 0 Å². The Balaban J connectivity index is 1.21. The molecule has 0 bridgehead atoms. The summed E-state index contributed by atoms with van der Waals surface area (Å²) < 4.78 is 224. The van der Waals surface area contributed by atoms with Crippen LogP contribution in [-0.2, 0) is 21.7 Å². The molecule has 22 aromatic carbocycles. The van der Waals surface area contributed by atoms with Gasteiger partial charge in [0.2, 0.25) is 0 Å². The van der Waals surface area contributed by atoms with Gasteiger partial charge in [0.05, 0.1) is 0 Å². The van der Waals surface area contributed by atoms with Crippen molar-refractivity contribution in [3.8, 4) is 11.1 Å². The summed E-state index contributed by atoms with van der Waals surface area (Å²) >= 11 is 0. The van der Waals surface area contributed by atoms with Crippen LogP contribution in [-0.4, -0.2) is 24.7 Å². The van der Waals surface area contributed by atoms with E-state index in [1.165, 1.54) is 0 Å². The Morgan fingerprint density at radius 3 is 0.566 bits per heavy atom. The molecule has 4 unspecified atom stereocenters. The summed E-state index contributed by atoms with van der Waals surface area (Å²) in [5, 5.41) is 17.1. The Labute approximate surface area is 401 Å². The molecule has 0 radical (unpaired) electrons. The summed E-state index contributed by atoms with van der Waals surface area (Å²) in [7, 11) is 0. The van der Waals surface area contributed by atoms with Gasteiger partial charge >= 0.3 is 24.7 Å². The summed E-state index contributed by atoms with van der Waals surface area (Å²) in [6.45, 7) is 0. The van der Waals surface area contributed by atoms with E-state index in [-0.39, 0.29) is 103 Å². The second-order valence-corrected chi connectivity index (χ2v) is 26.0. The van der Waals surface area contributed by atoms with Crippen molar-refractivity contribution in [1.82, 2.24) is 0 Å². The summed E-state index contributed by atoms with van der Waals surface area (Å²) in [5.41, 5.74) is -19.8. The second kappa shape index (κ2) is 6.72. The number of benzene rings is 14. The zero-order valence-corrected chi connectivity index (χ0v) is 36.5. The third-order valence-electron chi connectivity index (χ3n) is 25.7. The van der Waals surface area contributed by atoms with Crippen molar-refractivity contribution in [3.05, 3.63) is 66.8 Å². The SMILES string of the molecule is FC(F)(F)C12c3c4c5c6c7c8c5c5c3C3(C(F)(F)F)c9c1c1c%10c%11c2c-4c2c4c%12c(c%13c%14c%15c(c%16c8c8c5c3c3c5c9c1c1c9c%10c(c4%11)c4c%12c%14c%10c%11c%15c%12c%16c8c3c3c5c1c(c%11c%123)c9c4%10)C7%13C(F)(F)F)C62C(F)(F)F. The van der Waals surface area contributed by atoms with Crippen LogP contribution >= 0.6 is 0 Å². The Kier molecular flexibility index (Phi) is 2.80. The van der Waals surface area contributed by atoms with Gasteiger partial charge in [-0.05, 0) is 304 Å². The van der Waals surface area contributed by atoms with Gasteiger partial charge < -0.3 is 0 Å². The maximum absolute atomic E-state index is 18.7. The highest BCUT2D eigenvalue weighted by Crippen LogP contribution is 2.90. The third kappa shape index (κ3) is 1.63. The lowest BCUT2D eigenvalue weighted by molar-refractivity contribution is -0.178. The third-order valence-corrected chi connectivity index (χ3v) is 25.7. The van der Waals surface area contributed by atoms with E-state index in [2.05, 4.69) is 0 Å². The predicted molar refractivity (Wildman–Crippen MR) is 267 cm³/mol. The lowest BCUT2D eigenvalue weighted by atomic mass is 9.52. The normalized spacial score (nSPS) is 26.4. The van der Waals surface area contributed by atoms with E-state index in [1.54, 1.807) is 0 Å². The zero-order chi connectivity index (χ0) is 48.3. The molecule has 0 aliphatic heterocycles. The fraction of sp³-hybridized carbons (Fsp3) is 0.125. The standard InChI is InChI=1S/C64F12/c65-61(66,67)57-45-30-18-10-5-3-1-2-4-9-8(3)20-16(5)19-17(18)23-28-31(19)46-36(20)39-21(9)22-11(4)15-14-7(2)12-6(1)13(10)24(30)33-27(12)34-25(14)32-26(15)38-40(22)53-52(39)58(46,62(68,69)70)51-35(28)29-41(37(23)45)54(57)56-43-42(29)55(51)60(53,64(74,75)76)48(38)44(43)47(32)59(56,63(71,72)73)50(34)49(33)57. The highest BCUT2D eigenvalue weighted by Gasteiger charge is 2.83. The van der Waals surface area contributed by atoms with E-state index in [1.807, 2.05) is 0 Å². The quantitative estimate of drug-likeness (QED) is 0.105. The van der Waals surface area contributed by atoms with Crippen LogP contribution in [0, 0.1) is 0 Å². The van der Waals surface area contributed by atoms with Crippen LogP contribution in [0.4, 0.5) is 52.7 Å². The van der Waals surface area contributed by atoms with Crippen molar-refractivity contribution in [2.45, 2.75) is 46.4 Å². The molecule has 10 aliphatic rings. The first kappa shape index (κ1) is 31.7. The molecule has 0 heterocycles. The molecule has 0 fully saturated rings. The van der Waals surface area contributed by atoms with Crippen LogP contribution < -0.4 is 0 Å². The number of alkyl halides is 12. The Hall–Kier alpha value is -8.12. The Morgan fingerprint density at radius 2 is 0.276 bits per heavy atom. The van der Waals surface area contributed by atoms with Crippen LogP contribution in [0.2, 0.25) is 0 Å². The number of rotatable bonds is 0. The second-order valence-electron chi connectivity index (χ2n) is 26.0. The molecular formula is C64F12. The zero-order valence-electron chi connectivity index (χ0n) is 36.5. The van der Waals surface area contributed by atoms with Crippen molar-refractivity contribution in [1.29, 1.82) is 0 Å². The van der Waals surface area contributed by atoms with Gasteiger partial charge in [-0.3, -0.25) is 0 Å². The molecule has 0 amide bonds. The van der Waals surface area contributed by atoms with Crippen molar-refractivity contribution >= 4 is 226 Å². The predicted octanol–water partition coefficient (Wildman–Crippen LogP) is 18.4. The summed E-state index contributed by atoms with van der Waals surface area (Å²) in [6, 6.07) is 0. The van der Waals surface area contributed by atoms with Crippen molar-refractivity contribution < 1.29 is 52.7 Å². The van der Waals surface area contributed by atoms with Crippen molar-refractivity contribution in [2.75, 3.05) is 0 Å². The maximum atomic E-state index is 18.7. The highest BCUT2D eigenvalue weighted by atomic mass is 19.4. The first-order valence-electron chi connectivity index (χ1n) is 25.8. The molecule has 0 spiro atoms. The van der Waals surface area contributed by atoms with E-state index in [4.69, 9.17) is 0 Å². The van der Waals surface area contributed by atoms with Gasteiger partial charge in [-0.2, -0.15) is 52.7 Å². The fourth-order valence-electron chi connectivity index (χ4n) is 25.7. The van der Waals surface area contributed by atoms with E-state index in [0.29, 0.717) is 97.0 Å². The first-order chi connectivity index (χ1) is 36.5. The largest absolute Gasteiger partial charge is 0.406 e. The lowest BCUT2D eigenvalue weighted by Gasteiger charge is -2.50. The van der Waals surface area contributed by atoms with Gasteiger partial charge in [0.25, 0.3) is 0 Å².